The van der Waals surface area contributed by atoms with Crippen molar-refractivity contribution < 1.29 is 9.15 Å². The van der Waals surface area contributed by atoms with Gasteiger partial charge in [-0.2, -0.15) is 0 Å². The Morgan fingerprint density at radius 3 is 1.78 bits per heavy atom. The van der Waals surface area contributed by atoms with Gasteiger partial charge in [-0.15, -0.1) is 0 Å². The van der Waals surface area contributed by atoms with Crippen molar-refractivity contribution in [3.63, 3.8) is 0 Å². The van der Waals surface area contributed by atoms with Crippen LogP contribution in [-0.4, -0.2) is 15.0 Å². The molecule has 3 heterocycles. The molecule has 0 aliphatic carbocycles. The predicted molar refractivity (Wildman–Crippen MR) is 235 cm³/mol. The maximum atomic E-state index is 6.81. The van der Waals surface area contributed by atoms with Crippen molar-refractivity contribution in [3.8, 4) is 79.0 Å². The van der Waals surface area contributed by atoms with Crippen LogP contribution in [-0.2, 0) is 0 Å². The van der Waals surface area contributed by atoms with Crippen molar-refractivity contribution in [1.82, 2.24) is 15.0 Å². The lowest BCUT2D eigenvalue weighted by atomic mass is 9.90. The minimum absolute atomic E-state index is 0.575. The second kappa shape index (κ2) is 12.8. The molecule has 2 aromatic heterocycles. The van der Waals surface area contributed by atoms with E-state index in [0.29, 0.717) is 17.5 Å². The van der Waals surface area contributed by atoms with Gasteiger partial charge in [-0.3, -0.25) is 0 Å². The van der Waals surface area contributed by atoms with E-state index in [1.165, 1.54) is 11.1 Å². The van der Waals surface area contributed by atoms with E-state index < -0.39 is 0 Å². The number of hydrogen-bond donors (Lipinski definition) is 0. The van der Waals surface area contributed by atoms with E-state index in [1.807, 2.05) is 42.5 Å². The minimum atomic E-state index is 0.575. The fourth-order valence-electron chi connectivity index (χ4n) is 8.59. The van der Waals surface area contributed by atoms with E-state index in [9.17, 15) is 0 Å². The zero-order chi connectivity index (χ0) is 38.2. The molecule has 12 rings (SSSR count). The van der Waals surface area contributed by atoms with Crippen molar-refractivity contribution >= 4 is 43.5 Å². The average Bonchev–Trinajstić information content (AvgIpc) is 3.68. The monoisotopic (exact) mass is 741 g/mol. The summed E-state index contributed by atoms with van der Waals surface area (Å²) in [7, 11) is 0. The quantitative estimate of drug-likeness (QED) is 0.176. The van der Waals surface area contributed by atoms with Crippen LogP contribution in [0.25, 0.3) is 111 Å². The summed E-state index contributed by atoms with van der Waals surface area (Å²) in [6, 6.07) is 65.1. The molecule has 58 heavy (non-hydrogen) atoms. The lowest BCUT2D eigenvalue weighted by molar-refractivity contribution is 0.489. The zero-order valence-corrected chi connectivity index (χ0v) is 31.1. The zero-order valence-electron chi connectivity index (χ0n) is 31.1. The first kappa shape index (κ1) is 32.4. The van der Waals surface area contributed by atoms with Gasteiger partial charge in [0.25, 0.3) is 0 Å². The Labute approximate surface area is 333 Å². The second-order valence-corrected chi connectivity index (χ2v) is 14.7. The Morgan fingerprint density at radius 1 is 0.328 bits per heavy atom. The van der Waals surface area contributed by atoms with Crippen molar-refractivity contribution in [1.29, 1.82) is 0 Å². The summed E-state index contributed by atoms with van der Waals surface area (Å²) in [5.41, 5.74) is 11.0. The maximum Gasteiger partial charge on any atom is 0.164 e. The van der Waals surface area contributed by atoms with Crippen molar-refractivity contribution in [2.24, 2.45) is 0 Å². The van der Waals surface area contributed by atoms with E-state index in [-0.39, 0.29) is 0 Å². The molecule has 9 aromatic carbocycles. The molecule has 0 bridgehead atoms. The molecule has 0 atom stereocenters. The standard InChI is InChI=1S/C53H31N3O2/c1-3-12-32(13-4-1)34-24-25-36-31-37(27-26-35(36)30-34)51-54-52(56-53(55-51)44-21-11-23-46-49(44)43-16-7-8-22-45(43)57-46)42-28-29-47-48-39(18-10-19-40(42)48)41-20-9-17-38(50(41)58-47)33-14-5-2-6-15-33/h1-31H. The summed E-state index contributed by atoms with van der Waals surface area (Å²) in [6.07, 6.45) is 0. The number of ether oxygens (including phenoxy) is 1. The van der Waals surface area contributed by atoms with Gasteiger partial charge in [0.15, 0.2) is 17.5 Å². The van der Waals surface area contributed by atoms with Gasteiger partial charge in [0.1, 0.15) is 22.7 Å². The maximum absolute atomic E-state index is 6.81. The molecule has 0 saturated heterocycles. The molecule has 0 spiro atoms. The van der Waals surface area contributed by atoms with Gasteiger partial charge in [-0.05, 0) is 74.8 Å². The molecule has 270 valence electrons. The second-order valence-electron chi connectivity index (χ2n) is 14.7. The van der Waals surface area contributed by atoms with Crippen LogP contribution >= 0.6 is 0 Å². The van der Waals surface area contributed by atoms with Crippen LogP contribution in [0.4, 0.5) is 0 Å². The van der Waals surface area contributed by atoms with Gasteiger partial charge in [-0.1, -0.05) is 152 Å². The minimum Gasteiger partial charge on any atom is -0.456 e. The van der Waals surface area contributed by atoms with Gasteiger partial charge < -0.3 is 9.15 Å². The molecular weight excluding hydrogens is 711 g/mol. The van der Waals surface area contributed by atoms with Gasteiger partial charge in [-0.25, -0.2) is 15.0 Å². The fourth-order valence-corrected chi connectivity index (χ4v) is 8.59. The third kappa shape index (κ3) is 5.14. The number of para-hydroxylation sites is 2. The van der Waals surface area contributed by atoms with Crippen LogP contribution in [0.1, 0.15) is 0 Å². The normalized spacial score (nSPS) is 11.9. The van der Waals surface area contributed by atoms with Crippen molar-refractivity contribution in [2.45, 2.75) is 0 Å². The first-order chi connectivity index (χ1) is 28.7. The van der Waals surface area contributed by atoms with Crippen molar-refractivity contribution in [2.75, 3.05) is 0 Å². The van der Waals surface area contributed by atoms with Gasteiger partial charge >= 0.3 is 0 Å². The Morgan fingerprint density at radius 2 is 0.931 bits per heavy atom. The highest BCUT2D eigenvalue weighted by Gasteiger charge is 2.26. The molecular formula is C53H31N3O2. The molecule has 0 saturated carbocycles. The largest absolute Gasteiger partial charge is 0.456 e. The molecule has 5 heteroatoms. The van der Waals surface area contributed by atoms with Gasteiger partial charge in [0, 0.05) is 44.0 Å². The Bertz CT molecular complexity index is 3430. The highest BCUT2D eigenvalue weighted by molar-refractivity contribution is 6.13. The Balaban J connectivity index is 1.06. The summed E-state index contributed by atoms with van der Waals surface area (Å²) in [6.45, 7) is 0. The lowest BCUT2D eigenvalue weighted by Crippen LogP contribution is -2.03. The average molecular weight is 742 g/mol. The molecule has 0 unspecified atom stereocenters. The van der Waals surface area contributed by atoms with Crippen LogP contribution in [0.3, 0.4) is 0 Å². The fraction of sp³-hybridized carbons (Fsp3) is 0. The summed E-state index contributed by atoms with van der Waals surface area (Å²) in [4.78, 5) is 15.8. The summed E-state index contributed by atoms with van der Waals surface area (Å²) in [5, 5.41) is 6.29. The van der Waals surface area contributed by atoms with E-state index in [2.05, 4.69) is 146 Å². The topological polar surface area (TPSA) is 61.0 Å². The third-order valence-corrected chi connectivity index (χ3v) is 11.3. The number of rotatable bonds is 5. The van der Waals surface area contributed by atoms with E-state index in [0.717, 1.165) is 93.9 Å². The summed E-state index contributed by atoms with van der Waals surface area (Å²) in [5.74, 6) is 3.41. The molecule has 1 aliphatic heterocycles. The van der Waals surface area contributed by atoms with Crippen molar-refractivity contribution in [3.05, 3.63) is 188 Å². The number of nitrogens with zero attached hydrogens (tertiary/aromatic N) is 3. The number of hydrogen-bond acceptors (Lipinski definition) is 5. The molecule has 0 radical (unpaired) electrons. The number of benzene rings is 9. The van der Waals surface area contributed by atoms with E-state index in [4.69, 9.17) is 24.1 Å². The van der Waals surface area contributed by atoms with Crippen LogP contribution in [0, 0.1) is 0 Å². The molecule has 0 amide bonds. The van der Waals surface area contributed by atoms with Gasteiger partial charge in [0.05, 0.1) is 0 Å². The number of aromatic nitrogens is 3. The SMILES string of the molecule is c1ccc(-c2ccc3cc(-c4nc(-c5ccc6c7c(cccc57)-c5cccc(-c7ccccc7)c5O6)nc(-c5cccc6oc7ccccc7c56)n4)ccc3c2)cc1. The number of furan rings is 1. The van der Waals surface area contributed by atoms with Crippen LogP contribution < -0.4 is 4.74 Å². The molecule has 0 fully saturated rings. The molecule has 0 N–H and O–H groups in total. The smallest absolute Gasteiger partial charge is 0.164 e. The Hall–Kier alpha value is -7.89. The first-order valence-electron chi connectivity index (χ1n) is 19.4. The van der Waals surface area contributed by atoms with E-state index in [1.54, 1.807) is 0 Å². The first-order valence-corrected chi connectivity index (χ1v) is 19.4. The summed E-state index contributed by atoms with van der Waals surface area (Å²) < 4.78 is 13.1. The van der Waals surface area contributed by atoms with Crippen LogP contribution in [0.15, 0.2) is 192 Å². The molecule has 11 aromatic rings. The summed E-state index contributed by atoms with van der Waals surface area (Å²) >= 11 is 0. The predicted octanol–water partition coefficient (Wildman–Crippen LogP) is 14.2. The van der Waals surface area contributed by atoms with E-state index >= 15 is 0 Å². The Kier molecular flexibility index (Phi) is 7.16. The molecule has 1 aliphatic rings. The molecule has 5 nitrogen and oxygen atoms in total. The van der Waals surface area contributed by atoms with Crippen LogP contribution in [0.5, 0.6) is 11.5 Å². The lowest BCUT2D eigenvalue weighted by Gasteiger charge is -2.24. The number of fused-ring (bicyclic) bond motifs is 6. The highest BCUT2D eigenvalue weighted by atomic mass is 16.5. The van der Waals surface area contributed by atoms with Crippen LogP contribution in [0.2, 0.25) is 0 Å². The highest BCUT2D eigenvalue weighted by Crippen LogP contribution is 2.51. The third-order valence-electron chi connectivity index (χ3n) is 11.3. The van der Waals surface area contributed by atoms with Gasteiger partial charge in [0.2, 0.25) is 0 Å².